The van der Waals surface area contributed by atoms with E-state index in [9.17, 15) is 14.4 Å². The van der Waals surface area contributed by atoms with Crippen molar-refractivity contribution in [3.63, 3.8) is 0 Å². The van der Waals surface area contributed by atoms with E-state index < -0.39 is 29.8 Å². The Labute approximate surface area is 230 Å². The third-order valence-corrected chi connectivity index (χ3v) is 8.18. The molecular weight excluding hydrogens is 512 g/mol. The van der Waals surface area contributed by atoms with E-state index >= 15 is 0 Å². The van der Waals surface area contributed by atoms with E-state index in [0.29, 0.717) is 47.5 Å². The fourth-order valence-electron chi connectivity index (χ4n) is 6.44. The molecule has 0 N–H and O–H groups in total. The zero-order valence-corrected chi connectivity index (χ0v) is 21.9. The molecule has 2 saturated heterocycles. The lowest BCUT2D eigenvalue weighted by atomic mass is 9.83. The number of fused-ring (bicyclic) bond motifs is 6. The van der Waals surface area contributed by atoms with Gasteiger partial charge in [-0.2, -0.15) is 0 Å². The van der Waals surface area contributed by atoms with Crippen molar-refractivity contribution in [3.8, 4) is 23.0 Å². The summed E-state index contributed by atoms with van der Waals surface area (Å²) >= 11 is 0. The van der Waals surface area contributed by atoms with Gasteiger partial charge < -0.3 is 23.8 Å². The average molecular weight is 539 g/mol. The van der Waals surface area contributed by atoms with Crippen LogP contribution in [0, 0.1) is 11.8 Å². The molecule has 40 heavy (non-hydrogen) atoms. The number of carbonyl (C=O) groups excluding carboxylic acids is 3. The number of carbonyl (C=O) groups is 3. The smallest absolute Gasteiger partial charge is 0.240 e. The number of ketones is 1. The molecule has 2 amide bonds. The van der Waals surface area contributed by atoms with Gasteiger partial charge in [0, 0.05) is 17.8 Å². The van der Waals surface area contributed by atoms with Gasteiger partial charge in [0.25, 0.3) is 0 Å². The molecule has 0 spiro atoms. The van der Waals surface area contributed by atoms with E-state index in [0.717, 1.165) is 11.1 Å². The standard InChI is InChI=1S/C31H26N2O7/c1-37-21-9-7-18(15-23(21)38-2)29(34)28-26-25(27-20-6-4-3-5-17(20)11-12-32(27)28)30(35)33(31(26)36)19-8-10-22-24(16-19)40-14-13-39-22/h3-12,15-16,25-28H,13-14H2,1-2H3. The maximum Gasteiger partial charge on any atom is 0.240 e. The highest BCUT2D eigenvalue weighted by Crippen LogP contribution is 2.54. The molecule has 202 valence electrons. The summed E-state index contributed by atoms with van der Waals surface area (Å²) in [5, 5.41) is 0. The number of rotatable bonds is 5. The van der Waals surface area contributed by atoms with E-state index in [1.807, 2.05) is 41.4 Å². The SMILES string of the molecule is COc1ccc(C(=O)C2C3C(=O)N(c4ccc5c(c4)OCCO5)C(=O)C3C3c4ccccc4C=CN23)cc1OC. The molecule has 0 radical (unpaired) electrons. The first kappa shape index (κ1) is 24.3. The van der Waals surface area contributed by atoms with Gasteiger partial charge in [0.2, 0.25) is 11.8 Å². The van der Waals surface area contributed by atoms with Gasteiger partial charge in [0.1, 0.15) is 19.3 Å². The molecule has 2 fully saturated rings. The Morgan fingerprint density at radius 3 is 2.40 bits per heavy atom. The molecule has 3 aromatic carbocycles. The average Bonchev–Trinajstić information content (AvgIpc) is 3.48. The quantitative estimate of drug-likeness (QED) is 0.357. The summed E-state index contributed by atoms with van der Waals surface area (Å²) in [4.78, 5) is 45.6. The number of methoxy groups -OCH3 is 2. The molecule has 4 aliphatic rings. The van der Waals surface area contributed by atoms with E-state index in [4.69, 9.17) is 18.9 Å². The minimum absolute atomic E-state index is 0.271. The second kappa shape index (κ2) is 9.15. The highest BCUT2D eigenvalue weighted by molar-refractivity contribution is 6.24. The molecule has 4 heterocycles. The minimum atomic E-state index is -0.892. The van der Waals surface area contributed by atoms with Gasteiger partial charge in [-0.3, -0.25) is 14.4 Å². The van der Waals surface area contributed by atoms with E-state index in [1.54, 1.807) is 36.4 Å². The second-order valence-electron chi connectivity index (χ2n) is 10.1. The molecular formula is C31H26N2O7. The predicted molar refractivity (Wildman–Crippen MR) is 145 cm³/mol. The number of Topliss-reactive ketones (excluding diaryl/α,β-unsaturated/α-hetero) is 1. The van der Waals surface area contributed by atoms with Gasteiger partial charge in [-0.1, -0.05) is 24.3 Å². The number of anilines is 1. The Kier molecular flexibility index (Phi) is 5.55. The summed E-state index contributed by atoms with van der Waals surface area (Å²) in [6.45, 7) is 0.814. The molecule has 3 aromatic rings. The van der Waals surface area contributed by atoms with Crippen LogP contribution in [0.3, 0.4) is 0 Å². The zero-order valence-electron chi connectivity index (χ0n) is 21.9. The van der Waals surface area contributed by atoms with Crippen molar-refractivity contribution in [1.29, 1.82) is 0 Å². The number of benzene rings is 3. The van der Waals surface area contributed by atoms with Gasteiger partial charge in [-0.25, -0.2) is 4.90 Å². The number of imide groups is 1. The maximum atomic E-state index is 14.2. The highest BCUT2D eigenvalue weighted by atomic mass is 16.6. The maximum absolute atomic E-state index is 14.2. The molecule has 9 heteroatoms. The number of ether oxygens (including phenoxy) is 4. The summed E-state index contributed by atoms with van der Waals surface area (Å²) < 4.78 is 22.1. The molecule has 0 aromatic heterocycles. The van der Waals surface area contributed by atoms with Gasteiger partial charge >= 0.3 is 0 Å². The number of hydrogen-bond donors (Lipinski definition) is 0. The summed E-state index contributed by atoms with van der Waals surface area (Å²) in [6.07, 6.45) is 3.76. The van der Waals surface area contributed by atoms with Crippen LogP contribution in [-0.2, 0) is 9.59 Å². The first-order valence-electron chi connectivity index (χ1n) is 13.1. The van der Waals surface area contributed by atoms with Crippen LogP contribution in [-0.4, -0.2) is 56.0 Å². The van der Waals surface area contributed by atoms with Crippen molar-refractivity contribution in [3.05, 3.63) is 83.6 Å². The zero-order chi connectivity index (χ0) is 27.5. The van der Waals surface area contributed by atoms with Crippen molar-refractivity contribution in [2.75, 3.05) is 32.3 Å². The first-order chi connectivity index (χ1) is 19.5. The van der Waals surface area contributed by atoms with Gasteiger partial charge in [-0.05, 0) is 47.5 Å². The Balaban J connectivity index is 1.34. The lowest BCUT2D eigenvalue weighted by Gasteiger charge is -2.35. The molecule has 0 bridgehead atoms. The molecule has 4 atom stereocenters. The lowest BCUT2D eigenvalue weighted by molar-refractivity contribution is -0.123. The summed E-state index contributed by atoms with van der Waals surface area (Å²) in [7, 11) is 3.03. The van der Waals surface area contributed by atoms with Crippen LogP contribution in [0.2, 0.25) is 0 Å². The largest absolute Gasteiger partial charge is 0.493 e. The van der Waals surface area contributed by atoms with Gasteiger partial charge in [0.15, 0.2) is 28.8 Å². The number of amides is 2. The minimum Gasteiger partial charge on any atom is -0.493 e. The lowest BCUT2D eigenvalue weighted by Crippen LogP contribution is -2.44. The third-order valence-electron chi connectivity index (χ3n) is 8.18. The molecule has 4 aliphatic heterocycles. The summed E-state index contributed by atoms with van der Waals surface area (Å²) in [5.41, 5.74) is 2.64. The summed E-state index contributed by atoms with van der Waals surface area (Å²) in [6, 6.07) is 16.4. The summed E-state index contributed by atoms with van der Waals surface area (Å²) in [5.74, 6) is -0.716. The van der Waals surface area contributed by atoms with Crippen molar-refractivity contribution in [1.82, 2.24) is 4.90 Å². The van der Waals surface area contributed by atoms with E-state index in [1.165, 1.54) is 19.1 Å². The highest BCUT2D eigenvalue weighted by Gasteiger charge is 2.64. The number of nitrogens with zero attached hydrogens (tertiary/aromatic N) is 2. The number of hydrogen-bond acceptors (Lipinski definition) is 8. The third kappa shape index (κ3) is 3.43. The molecule has 9 nitrogen and oxygen atoms in total. The predicted octanol–water partition coefficient (Wildman–Crippen LogP) is 3.87. The Morgan fingerprint density at radius 1 is 0.850 bits per heavy atom. The van der Waals surface area contributed by atoms with E-state index in [-0.39, 0.29) is 11.7 Å². The van der Waals surface area contributed by atoms with Crippen LogP contribution in [0.4, 0.5) is 5.69 Å². The molecule has 7 rings (SSSR count). The fourth-order valence-corrected chi connectivity index (χ4v) is 6.44. The monoisotopic (exact) mass is 538 g/mol. The van der Waals surface area contributed by atoms with Crippen LogP contribution in [0.15, 0.2) is 66.9 Å². The Morgan fingerprint density at radius 2 is 1.60 bits per heavy atom. The first-order valence-corrected chi connectivity index (χ1v) is 13.1. The van der Waals surface area contributed by atoms with Crippen LogP contribution in [0.1, 0.15) is 27.5 Å². The van der Waals surface area contributed by atoms with E-state index in [2.05, 4.69) is 0 Å². The van der Waals surface area contributed by atoms with Crippen molar-refractivity contribution in [2.24, 2.45) is 11.8 Å². The molecule has 0 saturated carbocycles. The Bertz CT molecular complexity index is 1600. The second-order valence-corrected chi connectivity index (χ2v) is 10.1. The van der Waals surface area contributed by atoms with Crippen LogP contribution >= 0.6 is 0 Å². The fraction of sp³-hybridized carbons (Fsp3) is 0.258. The van der Waals surface area contributed by atoms with Gasteiger partial charge in [0.05, 0.1) is 37.8 Å². The van der Waals surface area contributed by atoms with Crippen LogP contribution in [0.25, 0.3) is 6.08 Å². The van der Waals surface area contributed by atoms with Crippen molar-refractivity contribution in [2.45, 2.75) is 12.1 Å². The topological polar surface area (TPSA) is 94.6 Å². The van der Waals surface area contributed by atoms with Crippen molar-refractivity contribution < 1.29 is 33.3 Å². The van der Waals surface area contributed by atoms with Crippen LogP contribution in [0.5, 0.6) is 23.0 Å². The Hall–Kier alpha value is -4.79. The van der Waals surface area contributed by atoms with Gasteiger partial charge in [-0.15, -0.1) is 0 Å². The van der Waals surface area contributed by atoms with Crippen LogP contribution < -0.4 is 23.8 Å². The molecule has 4 unspecified atom stereocenters. The van der Waals surface area contributed by atoms with Crippen molar-refractivity contribution >= 4 is 29.4 Å². The molecule has 0 aliphatic carbocycles. The normalized spacial score (nSPS) is 23.9.